The van der Waals surface area contributed by atoms with Crippen LogP contribution in [0, 0.1) is 5.82 Å². The summed E-state index contributed by atoms with van der Waals surface area (Å²) in [6.45, 7) is 5.31. The quantitative estimate of drug-likeness (QED) is 0.751. The zero-order chi connectivity index (χ0) is 22.8. The van der Waals surface area contributed by atoms with Gasteiger partial charge in [-0.25, -0.2) is 9.18 Å². The van der Waals surface area contributed by atoms with Crippen LogP contribution in [0.25, 0.3) is 5.76 Å². The lowest BCUT2D eigenvalue weighted by Crippen LogP contribution is -2.60. The molecule has 2 aromatic carbocycles. The number of benzene rings is 2. The van der Waals surface area contributed by atoms with Crippen molar-refractivity contribution < 1.29 is 18.8 Å². The molecule has 9 heteroatoms. The first-order valence-electron chi connectivity index (χ1n) is 11.2. The maximum Gasteiger partial charge on any atom is 0.373 e. The average Bonchev–Trinajstić information content (AvgIpc) is 3.30. The third-order valence-corrected chi connectivity index (χ3v) is 6.17. The molecule has 0 spiro atoms. The molecule has 0 bridgehead atoms. The minimum absolute atomic E-state index is 0.180. The molecular weight excluding hydrogens is 425 g/mol. The Hall–Kier alpha value is -3.30. The Morgan fingerprint density at radius 2 is 1.88 bits per heavy atom. The minimum Gasteiger partial charge on any atom is -0.487 e. The Balaban J connectivity index is 1.08. The second-order valence-corrected chi connectivity index (χ2v) is 8.65. The summed E-state index contributed by atoms with van der Waals surface area (Å²) in [7, 11) is 2.10. The maximum absolute atomic E-state index is 14.6. The first-order chi connectivity index (χ1) is 16.0. The van der Waals surface area contributed by atoms with Crippen molar-refractivity contribution in [1.82, 2.24) is 25.3 Å². The molecule has 0 radical (unpaired) electrons. The van der Waals surface area contributed by atoms with E-state index in [4.69, 9.17) is 9.57 Å². The van der Waals surface area contributed by atoms with Crippen molar-refractivity contribution in [2.24, 2.45) is 0 Å². The number of ether oxygens (including phenoxy) is 1. The number of halogens is 1. The van der Waals surface area contributed by atoms with Crippen LogP contribution in [-0.2, 0) is 11.4 Å². The number of likely N-dealkylation sites (tertiary alicyclic amines) is 1. The van der Waals surface area contributed by atoms with E-state index in [1.54, 1.807) is 23.2 Å². The Labute approximate surface area is 192 Å². The normalized spacial score (nSPS) is 19.5. The first-order valence-corrected chi connectivity index (χ1v) is 11.2. The largest absolute Gasteiger partial charge is 0.487 e. The standard InChI is InChI=1S/C24H28FN5O3/c1-27-9-11-28(12-10-27)15-19-7-8-20(13-22(19)25)32-21-16-29(17-21)24(31)30-26-14-23(33-30)18-5-3-2-4-6-18/h2-8,13-14,21,26H,9-12,15-17H2,1H3. The number of carbonyl (C=O) groups excluding carboxylic acids is 1. The average molecular weight is 454 g/mol. The van der Waals surface area contributed by atoms with Crippen LogP contribution in [-0.4, -0.2) is 78.3 Å². The topological polar surface area (TPSA) is 60.5 Å². The summed E-state index contributed by atoms with van der Waals surface area (Å²) in [6.07, 6.45) is 1.47. The van der Waals surface area contributed by atoms with Crippen LogP contribution in [0.4, 0.5) is 9.18 Å². The third kappa shape index (κ3) is 4.89. The lowest BCUT2D eigenvalue weighted by Gasteiger charge is -2.39. The lowest BCUT2D eigenvalue weighted by atomic mass is 10.1. The van der Waals surface area contributed by atoms with Crippen molar-refractivity contribution in [2.45, 2.75) is 12.6 Å². The number of hydroxylamine groups is 1. The molecule has 3 heterocycles. The molecule has 0 atom stereocenters. The van der Waals surface area contributed by atoms with E-state index in [1.807, 2.05) is 30.3 Å². The summed E-state index contributed by atoms with van der Waals surface area (Å²) in [5.74, 6) is 0.799. The zero-order valence-corrected chi connectivity index (χ0v) is 18.6. The predicted octanol–water partition coefficient (Wildman–Crippen LogP) is 2.51. The van der Waals surface area contributed by atoms with Gasteiger partial charge in [0.05, 0.1) is 19.3 Å². The van der Waals surface area contributed by atoms with Gasteiger partial charge in [-0.1, -0.05) is 41.6 Å². The third-order valence-electron chi connectivity index (χ3n) is 6.17. The molecule has 0 unspecified atom stereocenters. The van der Waals surface area contributed by atoms with E-state index in [9.17, 15) is 9.18 Å². The molecule has 33 heavy (non-hydrogen) atoms. The van der Waals surface area contributed by atoms with Gasteiger partial charge in [0.15, 0.2) is 5.76 Å². The highest BCUT2D eigenvalue weighted by atomic mass is 19.1. The molecule has 0 aromatic heterocycles. The van der Waals surface area contributed by atoms with Crippen LogP contribution in [0.1, 0.15) is 11.1 Å². The summed E-state index contributed by atoms with van der Waals surface area (Å²) in [5.41, 5.74) is 4.38. The monoisotopic (exact) mass is 453 g/mol. The molecule has 3 aliphatic rings. The van der Waals surface area contributed by atoms with Crippen LogP contribution >= 0.6 is 0 Å². The second kappa shape index (κ2) is 9.29. The van der Waals surface area contributed by atoms with Crippen molar-refractivity contribution >= 4 is 11.8 Å². The molecule has 1 N–H and O–H groups in total. The number of likely N-dealkylation sites (N-methyl/N-ethyl adjacent to an activating group) is 1. The van der Waals surface area contributed by atoms with Gasteiger partial charge in [-0.05, 0) is 13.1 Å². The van der Waals surface area contributed by atoms with Crippen LogP contribution in [0.3, 0.4) is 0 Å². The van der Waals surface area contributed by atoms with Crippen LogP contribution in [0.2, 0.25) is 0 Å². The van der Waals surface area contributed by atoms with Gasteiger partial charge >= 0.3 is 6.03 Å². The number of hydrazine groups is 1. The summed E-state index contributed by atoms with van der Waals surface area (Å²) in [5, 5.41) is 1.10. The molecule has 174 valence electrons. The molecule has 2 saturated heterocycles. The van der Waals surface area contributed by atoms with Crippen LogP contribution in [0.15, 0.2) is 54.7 Å². The van der Waals surface area contributed by atoms with Gasteiger partial charge in [-0.2, -0.15) is 0 Å². The zero-order valence-electron chi connectivity index (χ0n) is 18.6. The Kier molecular flexibility index (Phi) is 6.06. The van der Waals surface area contributed by atoms with Crippen molar-refractivity contribution in [2.75, 3.05) is 46.3 Å². The van der Waals surface area contributed by atoms with Gasteiger partial charge in [0, 0.05) is 49.9 Å². The Morgan fingerprint density at radius 1 is 1.12 bits per heavy atom. The number of nitrogens with one attached hydrogen (secondary N) is 1. The smallest absolute Gasteiger partial charge is 0.373 e. The molecule has 0 saturated carbocycles. The second-order valence-electron chi connectivity index (χ2n) is 8.65. The number of rotatable bonds is 5. The summed E-state index contributed by atoms with van der Waals surface area (Å²) in [6, 6.07) is 14.3. The minimum atomic E-state index is -0.300. The van der Waals surface area contributed by atoms with E-state index in [0.717, 1.165) is 36.9 Å². The molecule has 8 nitrogen and oxygen atoms in total. The Morgan fingerprint density at radius 3 is 2.61 bits per heavy atom. The molecule has 2 amide bonds. The maximum atomic E-state index is 14.6. The van der Waals surface area contributed by atoms with E-state index in [2.05, 4.69) is 22.3 Å². The SMILES string of the molecule is CN1CCN(Cc2ccc(OC3CN(C(=O)N4NC=C(c5ccccc5)O4)C3)cc2F)CC1. The van der Waals surface area contributed by atoms with Gasteiger partial charge in [-0.15, -0.1) is 0 Å². The highest BCUT2D eigenvalue weighted by Crippen LogP contribution is 2.25. The van der Waals surface area contributed by atoms with Crippen molar-refractivity contribution in [3.8, 4) is 5.75 Å². The van der Waals surface area contributed by atoms with E-state index in [1.165, 1.54) is 6.07 Å². The van der Waals surface area contributed by atoms with Gasteiger partial charge < -0.3 is 19.4 Å². The number of carbonyl (C=O) groups is 1. The lowest BCUT2D eigenvalue weighted by molar-refractivity contribution is -0.0808. The van der Waals surface area contributed by atoms with Crippen LogP contribution < -0.4 is 10.2 Å². The first kappa shape index (κ1) is 21.5. The molecule has 2 aromatic rings. The number of piperazine rings is 1. The highest BCUT2D eigenvalue weighted by Gasteiger charge is 2.37. The number of nitrogens with zero attached hydrogens (tertiary/aromatic N) is 4. The number of hydrogen-bond acceptors (Lipinski definition) is 6. The van der Waals surface area contributed by atoms with Crippen molar-refractivity contribution in [3.63, 3.8) is 0 Å². The fourth-order valence-electron chi connectivity index (χ4n) is 4.07. The summed E-state index contributed by atoms with van der Waals surface area (Å²) < 4.78 is 20.5. The van der Waals surface area contributed by atoms with Crippen molar-refractivity contribution in [1.29, 1.82) is 0 Å². The van der Waals surface area contributed by atoms with E-state index >= 15 is 0 Å². The summed E-state index contributed by atoms with van der Waals surface area (Å²) >= 11 is 0. The van der Waals surface area contributed by atoms with E-state index in [-0.39, 0.29) is 18.0 Å². The number of amides is 2. The fourth-order valence-corrected chi connectivity index (χ4v) is 4.07. The van der Waals surface area contributed by atoms with Gasteiger partial charge in [0.2, 0.25) is 0 Å². The molecule has 5 rings (SSSR count). The number of urea groups is 1. The van der Waals surface area contributed by atoms with Crippen molar-refractivity contribution in [3.05, 3.63) is 71.7 Å². The fraction of sp³-hybridized carbons (Fsp3) is 0.375. The van der Waals surface area contributed by atoms with Crippen LogP contribution in [0.5, 0.6) is 5.75 Å². The van der Waals surface area contributed by atoms with E-state index in [0.29, 0.717) is 36.7 Å². The van der Waals surface area contributed by atoms with E-state index < -0.39 is 0 Å². The van der Waals surface area contributed by atoms with Gasteiger partial charge in [0.1, 0.15) is 17.7 Å². The Bertz CT molecular complexity index is 1020. The molecular formula is C24H28FN5O3. The highest BCUT2D eigenvalue weighted by molar-refractivity contribution is 5.76. The number of hydrogen-bond donors (Lipinski definition) is 1. The molecule has 2 fully saturated rings. The van der Waals surface area contributed by atoms with Gasteiger partial charge in [0.25, 0.3) is 0 Å². The predicted molar refractivity (Wildman–Crippen MR) is 121 cm³/mol. The summed E-state index contributed by atoms with van der Waals surface area (Å²) in [4.78, 5) is 24.4. The molecule has 0 aliphatic carbocycles. The van der Waals surface area contributed by atoms with Gasteiger partial charge in [-0.3, -0.25) is 10.3 Å². The molecule has 3 aliphatic heterocycles.